The molecule has 0 aliphatic carbocycles. The second-order valence-electron chi connectivity index (χ2n) is 6.92. The number of anilines is 1. The lowest BCUT2D eigenvalue weighted by molar-refractivity contribution is -0.142. The molecular formula is C22H14F4N4O2. The van der Waals surface area contributed by atoms with E-state index in [2.05, 4.69) is 15.4 Å². The lowest BCUT2D eigenvalue weighted by Crippen LogP contribution is -2.15. The van der Waals surface area contributed by atoms with Crippen LogP contribution in [0.5, 0.6) is 0 Å². The number of aromatic nitrogens is 3. The van der Waals surface area contributed by atoms with Crippen molar-refractivity contribution >= 4 is 23.0 Å². The maximum absolute atomic E-state index is 13.7. The van der Waals surface area contributed by atoms with E-state index in [4.69, 9.17) is 0 Å². The number of carbonyl (C=O) groups excluding carboxylic acids is 2. The van der Waals surface area contributed by atoms with Gasteiger partial charge in [-0.2, -0.15) is 18.3 Å². The molecule has 0 bridgehead atoms. The fourth-order valence-corrected chi connectivity index (χ4v) is 3.04. The molecule has 2 heterocycles. The van der Waals surface area contributed by atoms with Crippen LogP contribution in [0.2, 0.25) is 0 Å². The van der Waals surface area contributed by atoms with Gasteiger partial charge in [0.25, 0.3) is 5.91 Å². The molecule has 10 heteroatoms. The van der Waals surface area contributed by atoms with Crippen molar-refractivity contribution in [3.05, 3.63) is 83.4 Å². The monoisotopic (exact) mass is 442 g/mol. The number of carbonyl (C=O) groups is 2. The molecule has 0 saturated heterocycles. The van der Waals surface area contributed by atoms with Crippen LogP contribution in [-0.4, -0.2) is 26.3 Å². The van der Waals surface area contributed by atoms with E-state index in [9.17, 15) is 27.2 Å². The van der Waals surface area contributed by atoms with E-state index < -0.39 is 23.6 Å². The van der Waals surface area contributed by atoms with E-state index >= 15 is 0 Å². The van der Waals surface area contributed by atoms with Gasteiger partial charge in [0.1, 0.15) is 5.82 Å². The van der Waals surface area contributed by atoms with Crippen molar-refractivity contribution in [2.75, 3.05) is 5.32 Å². The van der Waals surface area contributed by atoms with Gasteiger partial charge in [0.05, 0.1) is 5.69 Å². The van der Waals surface area contributed by atoms with Crippen molar-refractivity contribution in [2.45, 2.75) is 13.1 Å². The van der Waals surface area contributed by atoms with Gasteiger partial charge in [0.2, 0.25) is 0 Å². The molecule has 6 nitrogen and oxygen atoms in total. The fraction of sp³-hybridized carbons (Fsp3) is 0.0909. The Morgan fingerprint density at radius 2 is 1.62 bits per heavy atom. The van der Waals surface area contributed by atoms with Gasteiger partial charge in [0, 0.05) is 22.9 Å². The first kappa shape index (κ1) is 21.2. The molecule has 4 rings (SSSR count). The number of benzene rings is 2. The van der Waals surface area contributed by atoms with Crippen LogP contribution in [0.4, 0.5) is 23.2 Å². The normalized spacial score (nSPS) is 11.5. The Morgan fingerprint density at radius 1 is 0.969 bits per heavy atom. The number of rotatable bonds is 4. The molecule has 0 fully saturated rings. The van der Waals surface area contributed by atoms with Crippen LogP contribution in [-0.2, 0) is 6.18 Å². The third kappa shape index (κ3) is 4.20. The molecule has 0 aliphatic heterocycles. The summed E-state index contributed by atoms with van der Waals surface area (Å²) in [7, 11) is 0. The number of nitrogens with one attached hydrogen (secondary N) is 1. The molecule has 1 amide bonds. The first-order valence-corrected chi connectivity index (χ1v) is 9.28. The van der Waals surface area contributed by atoms with Crippen molar-refractivity contribution in [1.82, 2.24) is 14.6 Å². The molecule has 0 radical (unpaired) electrons. The van der Waals surface area contributed by atoms with Crippen LogP contribution < -0.4 is 5.32 Å². The molecule has 0 atom stereocenters. The average Bonchev–Trinajstić information content (AvgIpc) is 3.17. The quantitative estimate of drug-likeness (QED) is 0.356. The van der Waals surface area contributed by atoms with Gasteiger partial charge in [0.15, 0.2) is 22.8 Å². The molecule has 32 heavy (non-hydrogen) atoms. The minimum atomic E-state index is -4.78. The van der Waals surface area contributed by atoms with Crippen molar-refractivity contribution in [1.29, 1.82) is 0 Å². The highest BCUT2D eigenvalue weighted by Crippen LogP contribution is 2.32. The van der Waals surface area contributed by atoms with Crippen LogP contribution in [0.25, 0.3) is 16.9 Å². The molecule has 0 spiro atoms. The van der Waals surface area contributed by atoms with Crippen molar-refractivity contribution in [3.8, 4) is 11.3 Å². The largest absolute Gasteiger partial charge is 0.433 e. The molecule has 1 N–H and O–H groups in total. The molecule has 162 valence electrons. The van der Waals surface area contributed by atoms with Gasteiger partial charge in [-0.25, -0.2) is 13.9 Å². The number of ketones is 1. The third-order valence-electron chi connectivity index (χ3n) is 4.64. The number of fused-ring (bicyclic) bond motifs is 1. The standard InChI is InChI=1S/C22H14F4N4O2/c1-12(31)13-4-8-16(9-5-13)27-21(32)18-11-20-28-17(14-2-6-15(23)7-3-14)10-19(22(24,25)26)30(20)29-18/h2-11H,1H3,(H,27,32). The van der Waals surface area contributed by atoms with E-state index in [1.54, 1.807) is 0 Å². The zero-order valence-electron chi connectivity index (χ0n) is 16.4. The maximum Gasteiger partial charge on any atom is 0.433 e. The number of alkyl halides is 3. The summed E-state index contributed by atoms with van der Waals surface area (Å²) in [6.45, 7) is 1.40. The van der Waals surface area contributed by atoms with Gasteiger partial charge in [-0.05, 0) is 61.5 Å². The Kier molecular flexibility index (Phi) is 5.21. The van der Waals surface area contributed by atoms with Crippen LogP contribution >= 0.6 is 0 Å². The number of Topliss-reactive ketones (excluding diaryl/α,β-unsaturated/α-hetero) is 1. The number of nitrogens with zero attached hydrogens (tertiary/aromatic N) is 3. The topological polar surface area (TPSA) is 76.4 Å². The van der Waals surface area contributed by atoms with Gasteiger partial charge in [-0.15, -0.1) is 0 Å². The van der Waals surface area contributed by atoms with Crippen molar-refractivity contribution in [2.24, 2.45) is 0 Å². The maximum atomic E-state index is 13.7. The van der Waals surface area contributed by atoms with E-state index in [0.717, 1.165) is 24.3 Å². The summed E-state index contributed by atoms with van der Waals surface area (Å²) in [5.74, 6) is -1.43. The third-order valence-corrected chi connectivity index (χ3v) is 4.64. The zero-order chi connectivity index (χ0) is 23.0. The highest BCUT2D eigenvalue weighted by molar-refractivity contribution is 6.04. The Labute approximate surface area is 178 Å². The van der Waals surface area contributed by atoms with E-state index in [1.165, 1.54) is 43.3 Å². The summed E-state index contributed by atoms with van der Waals surface area (Å²) < 4.78 is 54.7. The Balaban J connectivity index is 1.72. The van der Waals surface area contributed by atoms with Crippen LogP contribution in [0.15, 0.2) is 60.7 Å². The minimum absolute atomic E-state index is 0.0449. The average molecular weight is 442 g/mol. The minimum Gasteiger partial charge on any atom is -0.321 e. The summed E-state index contributed by atoms with van der Waals surface area (Å²) in [5, 5.41) is 6.30. The summed E-state index contributed by atoms with van der Waals surface area (Å²) in [4.78, 5) is 28.0. The molecule has 2 aromatic carbocycles. The van der Waals surface area contributed by atoms with Gasteiger partial charge in [-0.3, -0.25) is 9.59 Å². The molecule has 0 unspecified atom stereocenters. The Morgan fingerprint density at radius 3 is 2.22 bits per heavy atom. The second kappa shape index (κ2) is 7.88. The van der Waals surface area contributed by atoms with E-state index in [-0.39, 0.29) is 28.4 Å². The Hall–Kier alpha value is -4.08. The summed E-state index contributed by atoms with van der Waals surface area (Å²) in [5.41, 5.74) is -0.595. The molecule has 4 aromatic rings. The molecular weight excluding hydrogens is 428 g/mol. The molecule has 0 aliphatic rings. The van der Waals surface area contributed by atoms with E-state index in [1.807, 2.05) is 0 Å². The number of amides is 1. The van der Waals surface area contributed by atoms with Crippen molar-refractivity contribution in [3.63, 3.8) is 0 Å². The van der Waals surface area contributed by atoms with E-state index in [0.29, 0.717) is 15.8 Å². The number of halogens is 4. The predicted octanol–water partition coefficient (Wildman–Crippen LogP) is 5.01. The SMILES string of the molecule is CC(=O)c1ccc(NC(=O)c2cc3nc(-c4ccc(F)cc4)cc(C(F)(F)F)n3n2)cc1. The first-order valence-electron chi connectivity index (χ1n) is 9.28. The predicted molar refractivity (Wildman–Crippen MR) is 108 cm³/mol. The number of hydrogen-bond donors (Lipinski definition) is 1. The van der Waals surface area contributed by atoms with Gasteiger partial charge >= 0.3 is 6.18 Å². The lowest BCUT2D eigenvalue weighted by Gasteiger charge is -2.11. The molecule has 0 saturated carbocycles. The summed E-state index contributed by atoms with van der Waals surface area (Å²) >= 11 is 0. The zero-order valence-corrected chi connectivity index (χ0v) is 16.4. The lowest BCUT2D eigenvalue weighted by atomic mass is 10.1. The van der Waals surface area contributed by atoms with Crippen LogP contribution in [0, 0.1) is 5.82 Å². The van der Waals surface area contributed by atoms with Gasteiger partial charge in [-0.1, -0.05) is 0 Å². The first-order chi connectivity index (χ1) is 15.1. The van der Waals surface area contributed by atoms with Crippen molar-refractivity contribution < 1.29 is 27.2 Å². The summed E-state index contributed by atoms with van der Waals surface area (Å²) in [6, 6.07) is 12.8. The smallest absolute Gasteiger partial charge is 0.321 e. The number of hydrogen-bond acceptors (Lipinski definition) is 4. The highest BCUT2D eigenvalue weighted by Gasteiger charge is 2.35. The fourth-order valence-electron chi connectivity index (χ4n) is 3.04. The van der Waals surface area contributed by atoms with Gasteiger partial charge < -0.3 is 5.32 Å². The highest BCUT2D eigenvalue weighted by atomic mass is 19.4. The van der Waals surface area contributed by atoms with Crippen LogP contribution in [0.3, 0.4) is 0 Å². The van der Waals surface area contributed by atoms with Crippen LogP contribution in [0.1, 0.15) is 33.5 Å². The second-order valence-corrected chi connectivity index (χ2v) is 6.92. The molecule has 2 aromatic heterocycles. The Bertz CT molecular complexity index is 1330. The summed E-state index contributed by atoms with van der Waals surface area (Å²) in [6.07, 6.45) is -4.78.